The smallest absolute Gasteiger partial charge is 0.137 e. The Morgan fingerprint density at radius 2 is 1.70 bits per heavy atom. The first-order valence-corrected chi connectivity index (χ1v) is 8.17. The van der Waals surface area contributed by atoms with Gasteiger partial charge in [-0.3, -0.25) is 0 Å². The van der Waals surface area contributed by atoms with Gasteiger partial charge in [-0.15, -0.1) is 10.2 Å². The van der Waals surface area contributed by atoms with E-state index in [1.165, 1.54) is 38.5 Å². The van der Waals surface area contributed by atoms with Crippen molar-refractivity contribution in [1.29, 1.82) is 0 Å². The maximum Gasteiger partial charge on any atom is 0.137 e. The van der Waals surface area contributed by atoms with Gasteiger partial charge >= 0.3 is 0 Å². The first-order chi connectivity index (χ1) is 9.61. The standard InChI is InChI=1S/C16H26N4/c1-10-18-19-15(20(10)2)14(9-17)16-6-11-3-12(7-16)5-13(4-11)8-16/h11-14H,3-9,17H2,1-2H3. The van der Waals surface area contributed by atoms with E-state index in [-0.39, 0.29) is 0 Å². The highest BCUT2D eigenvalue weighted by atomic mass is 15.3. The van der Waals surface area contributed by atoms with Crippen LogP contribution in [0.3, 0.4) is 0 Å². The third-order valence-corrected chi connectivity index (χ3v) is 6.50. The SMILES string of the molecule is Cc1nnc(C(CN)C23CC4CC(CC(C4)C2)C3)n1C. The molecule has 1 unspecified atom stereocenters. The molecule has 110 valence electrons. The average molecular weight is 274 g/mol. The van der Waals surface area contributed by atoms with Crippen LogP contribution in [0.2, 0.25) is 0 Å². The molecular formula is C16H26N4. The molecule has 4 fully saturated rings. The van der Waals surface area contributed by atoms with Crippen molar-refractivity contribution in [3.63, 3.8) is 0 Å². The zero-order valence-corrected chi connectivity index (χ0v) is 12.7. The summed E-state index contributed by atoms with van der Waals surface area (Å²) < 4.78 is 2.16. The second-order valence-electron chi connectivity index (χ2n) is 7.73. The van der Waals surface area contributed by atoms with Gasteiger partial charge in [-0.05, 0) is 68.6 Å². The maximum absolute atomic E-state index is 6.22. The Morgan fingerprint density at radius 3 is 2.10 bits per heavy atom. The summed E-state index contributed by atoms with van der Waals surface area (Å²) in [5.74, 6) is 5.43. The van der Waals surface area contributed by atoms with E-state index in [2.05, 4.69) is 21.8 Å². The van der Waals surface area contributed by atoms with Crippen LogP contribution in [0.4, 0.5) is 0 Å². The molecule has 1 aromatic heterocycles. The fourth-order valence-corrected chi connectivity index (χ4v) is 5.96. The summed E-state index contributed by atoms with van der Waals surface area (Å²) in [5.41, 5.74) is 6.65. The van der Waals surface area contributed by atoms with Gasteiger partial charge in [0.25, 0.3) is 0 Å². The van der Waals surface area contributed by atoms with E-state index in [1.807, 2.05) is 6.92 Å². The fraction of sp³-hybridized carbons (Fsp3) is 0.875. The average Bonchev–Trinajstić information content (AvgIpc) is 2.70. The molecule has 0 aliphatic heterocycles. The molecule has 4 nitrogen and oxygen atoms in total. The van der Waals surface area contributed by atoms with Crippen LogP contribution in [-0.2, 0) is 7.05 Å². The van der Waals surface area contributed by atoms with Crippen molar-refractivity contribution in [3.8, 4) is 0 Å². The summed E-state index contributed by atoms with van der Waals surface area (Å²) in [7, 11) is 2.09. The topological polar surface area (TPSA) is 56.7 Å². The molecule has 4 bridgehead atoms. The Balaban J connectivity index is 1.72. The third kappa shape index (κ3) is 1.70. The molecule has 4 heteroatoms. The lowest BCUT2D eigenvalue weighted by Gasteiger charge is -2.59. The molecule has 1 aromatic rings. The Hall–Kier alpha value is -0.900. The first kappa shape index (κ1) is 12.8. The molecular weight excluding hydrogens is 248 g/mol. The van der Waals surface area contributed by atoms with Crippen LogP contribution >= 0.6 is 0 Å². The van der Waals surface area contributed by atoms with Crippen LogP contribution in [0.15, 0.2) is 0 Å². The van der Waals surface area contributed by atoms with Crippen molar-refractivity contribution < 1.29 is 0 Å². The summed E-state index contributed by atoms with van der Waals surface area (Å²) >= 11 is 0. The van der Waals surface area contributed by atoms with Gasteiger partial charge in [0, 0.05) is 19.5 Å². The zero-order valence-electron chi connectivity index (χ0n) is 12.7. The monoisotopic (exact) mass is 274 g/mol. The van der Waals surface area contributed by atoms with E-state index in [0.717, 1.165) is 35.9 Å². The molecule has 1 atom stereocenters. The van der Waals surface area contributed by atoms with Gasteiger partial charge in [-0.2, -0.15) is 0 Å². The molecule has 2 N–H and O–H groups in total. The number of rotatable bonds is 3. The van der Waals surface area contributed by atoms with E-state index in [1.54, 1.807) is 0 Å². The van der Waals surface area contributed by atoms with E-state index >= 15 is 0 Å². The highest BCUT2D eigenvalue weighted by Crippen LogP contribution is 2.64. The van der Waals surface area contributed by atoms with Crippen LogP contribution in [0, 0.1) is 30.1 Å². The Labute approximate surface area is 121 Å². The Bertz CT molecular complexity index is 483. The van der Waals surface area contributed by atoms with Gasteiger partial charge in [0.1, 0.15) is 11.6 Å². The molecule has 0 radical (unpaired) electrons. The molecule has 5 rings (SSSR count). The molecule has 4 aliphatic carbocycles. The molecule has 0 saturated heterocycles. The van der Waals surface area contributed by atoms with E-state index in [9.17, 15) is 0 Å². The lowest BCUT2D eigenvalue weighted by Crippen LogP contribution is -2.50. The summed E-state index contributed by atoms with van der Waals surface area (Å²) in [6.45, 7) is 2.75. The largest absolute Gasteiger partial charge is 0.330 e. The summed E-state index contributed by atoms with van der Waals surface area (Å²) in [6.07, 6.45) is 8.59. The van der Waals surface area contributed by atoms with Crippen LogP contribution in [-0.4, -0.2) is 21.3 Å². The third-order valence-electron chi connectivity index (χ3n) is 6.50. The number of nitrogens with two attached hydrogens (primary N) is 1. The molecule has 4 aliphatic rings. The first-order valence-electron chi connectivity index (χ1n) is 8.17. The summed E-state index contributed by atoms with van der Waals surface area (Å²) in [4.78, 5) is 0. The number of aromatic nitrogens is 3. The minimum absolute atomic E-state index is 0.405. The second-order valence-corrected chi connectivity index (χ2v) is 7.73. The van der Waals surface area contributed by atoms with Gasteiger partial charge in [0.05, 0.1) is 0 Å². The van der Waals surface area contributed by atoms with E-state index in [4.69, 9.17) is 5.73 Å². The van der Waals surface area contributed by atoms with Crippen LogP contribution in [0.1, 0.15) is 56.1 Å². The fourth-order valence-electron chi connectivity index (χ4n) is 5.96. The van der Waals surface area contributed by atoms with Crippen LogP contribution in [0.5, 0.6) is 0 Å². The zero-order chi connectivity index (χ0) is 13.9. The van der Waals surface area contributed by atoms with Crippen molar-refractivity contribution in [2.24, 2.45) is 36.0 Å². The molecule has 0 aromatic carbocycles. The summed E-state index contributed by atoms with van der Waals surface area (Å²) in [6, 6.07) is 0. The number of hydrogen-bond acceptors (Lipinski definition) is 3. The molecule has 0 spiro atoms. The van der Waals surface area contributed by atoms with Gasteiger partial charge in [0.15, 0.2) is 0 Å². The predicted molar refractivity (Wildman–Crippen MR) is 78.1 cm³/mol. The summed E-state index contributed by atoms with van der Waals surface area (Å²) in [5, 5.41) is 8.75. The maximum atomic E-state index is 6.22. The normalized spacial score (nSPS) is 40.2. The highest BCUT2D eigenvalue weighted by Gasteiger charge is 2.54. The molecule has 20 heavy (non-hydrogen) atoms. The number of nitrogens with zero attached hydrogens (tertiary/aromatic N) is 3. The van der Waals surface area contributed by atoms with Crippen molar-refractivity contribution >= 4 is 0 Å². The van der Waals surface area contributed by atoms with Crippen molar-refractivity contribution in [2.75, 3.05) is 6.54 Å². The Kier molecular flexibility index (Phi) is 2.75. The van der Waals surface area contributed by atoms with Gasteiger partial charge in [0.2, 0.25) is 0 Å². The number of hydrogen-bond donors (Lipinski definition) is 1. The Morgan fingerprint density at radius 1 is 1.15 bits per heavy atom. The van der Waals surface area contributed by atoms with Crippen LogP contribution in [0.25, 0.3) is 0 Å². The molecule has 0 amide bonds. The number of aryl methyl sites for hydroxylation is 1. The van der Waals surface area contributed by atoms with Crippen LogP contribution < -0.4 is 5.73 Å². The van der Waals surface area contributed by atoms with Crippen molar-refractivity contribution in [2.45, 2.75) is 51.4 Å². The van der Waals surface area contributed by atoms with E-state index < -0.39 is 0 Å². The van der Waals surface area contributed by atoms with Crippen molar-refractivity contribution in [1.82, 2.24) is 14.8 Å². The minimum Gasteiger partial charge on any atom is -0.330 e. The quantitative estimate of drug-likeness (QED) is 0.920. The highest BCUT2D eigenvalue weighted by molar-refractivity contribution is 5.14. The predicted octanol–water partition coefficient (Wildman–Crippen LogP) is 2.38. The van der Waals surface area contributed by atoms with Gasteiger partial charge in [-0.1, -0.05) is 0 Å². The van der Waals surface area contributed by atoms with Gasteiger partial charge in [-0.25, -0.2) is 0 Å². The lowest BCUT2D eigenvalue weighted by atomic mass is 9.46. The van der Waals surface area contributed by atoms with Gasteiger partial charge < -0.3 is 10.3 Å². The minimum atomic E-state index is 0.405. The molecule has 1 heterocycles. The van der Waals surface area contributed by atoms with E-state index in [0.29, 0.717) is 11.3 Å². The second kappa shape index (κ2) is 4.30. The lowest BCUT2D eigenvalue weighted by molar-refractivity contribution is -0.0689. The molecule has 4 saturated carbocycles. The van der Waals surface area contributed by atoms with Crippen molar-refractivity contribution in [3.05, 3.63) is 11.6 Å².